The molecule has 0 spiro atoms. The number of methoxy groups -OCH3 is 1. The molecule has 2 unspecified atom stereocenters. The molecular weight excluding hydrogens is 510 g/mol. The van der Waals surface area contributed by atoms with Gasteiger partial charge in [-0.3, -0.25) is 15.0 Å². The van der Waals surface area contributed by atoms with E-state index in [2.05, 4.69) is 22.3 Å². The quantitative estimate of drug-likeness (QED) is 0.301. The summed E-state index contributed by atoms with van der Waals surface area (Å²) in [6.45, 7) is 5.60. The van der Waals surface area contributed by atoms with Crippen molar-refractivity contribution in [3.05, 3.63) is 97.3 Å². The Morgan fingerprint density at radius 3 is 2.42 bits per heavy atom. The summed E-state index contributed by atoms with van der Waals surface area (Å²) in [6.07, 6.45) is 1.22. The molecule has 0 bridgehead atoms. The third-order valence-corrected chi connectivity index (χ3v) is 7.30. The minimum atomic E-state index is -1.01. The monoisotopic (exact) mass is 539 g/mol. The van der Waals surface area contributed by atoms with E-state index < -0.39 is 22.8 Å². The summed E-state index contributed by atoms with van der Waals surface area (Å²) >= 11 is 6.49. The predicted molar refractivity (Wildman–Crippen MR) is 142 cm³/mol. The summed E-state index contributed by atoms with van der Waals surface area (Å²) in [5.41, 5.74) is 2.36. The maximum absolute atomic E-state index is 13.7. The van der Waals surface area contributed by atoms with Crippen molar-refractivity contribution in [1.82, 2.24) is 10.2 Å². The first-order valence-corrected chi connectivity index (χ1v) is 12.8. The average Bonchev–Trinajstić information content (AvgIpc) is 2.88. The number of likely N-dealkylation sites (tertiary alicyclic amines) is 1. The van der Waals surface area contributed by atoms with Crippen LogP contribution >= 0.6 is 11.6 Å². The zero-order valence-corrected chi connectivity index (χ0v) is 22.3. The second-order valence-electron chi connectivity index (χ2n) is 9.45. The van der Waals surface area contributed by atoms with E-state index in [0.29, 0.717) is 24.4 Å². The third kappa shape index (κ3) is 5.74. The van der Waals surface area contributed by atoms with Gasteiger partial charge in [-0.1, -0.05) is 54.1 Å². The van der Waals surface area contributed by atoms with E-state index in [9.17, 15) is 19.7 Å². The number of dihydropyridines is 1. The van der Waals surface area contributed by atoms with Crippen molar-refractivity contribution in [1.29, 1.82) is 0 Å². The molecule has 2 aromatic carbocycles. The molecule has 200 valence electrons. The van der Waals surface area contributed by atoms with E-state index in [-0.39, 0.29) is 33.5 Å². The Morgan fingerprint density at radius 2 is 1.76 bits per heavy atom. The van der Waals surface area contributed by atoms with Gasteiger partial charge in [-0.05, 0) is 44.4 Å². The molecule has 38 heavy (non-hydrogen) atoms. The van der Waals surface area contributed by atoms with Crippen LogP contribution in [0, 0.1) is 10.1 Å². The molecule has 2 aliphatic heterocycles. The Hall–Kier alpha value is -3.69. The van der Waals surface area contributed by atoms with Gasteiger partial charge in [0.25, 0.3) is 5.69 Å². The molecule has 2 aliphatic rings. The van der Waals surface area contributed by atoms with Crippen molar-refractivity contribution < 1.29 is 24.0 Å². The van der Waals surface area contributed by atoms with Crippen LogP contribution in [0.3, 0.4) is 0 Å². The molecule has 2 atom stereocenters. The molecule has 0 aromatic heterocycles. The van der Waals surface area contributed by atoms with Crippen LogP contribution in [0.15, 0.2) is 71.1 Å². The fraction of sp³-hybridized carbons (Fsp3) is 0.357. The first kappa shape index (κ1) is 27.3. The SMILES string of the molecule is COC(=O)C1=C(C)NC(C)=C(C(=O)OC2CCCN(Cc3ccccc3)C2)C1c1cccc([N+](=O)[O-])c1Cl. The first-order valence-electron chi connectivity index (χ1n) is 12.4. The number of esters is 2. The highest BCUT2D eigenvalue weighted by atomic mass is 35.5. The molecule has 2 aromatic rings. The lowest BCUT2D eigenvalue weighted by molar-refractivity contribution is -0.384. The molecule has 10 heteroatoms. The van der Waals surface area contributed by atoms with Crippen molar-refractivity contribution in [2.45, 2.75) is 45.3 Å². The van der Waals surface area contributed by atoms with Gasteiger partial charge >= 0.3 is 11.9 Å². The number of benzene rings is 2. The van der Waals surface area contributed by atoms with Crippen LogP contribution in [0.1, 0.15) is 43.7 Å². The van der Waals surface area contributed by atoms with E-state index in [1.54, 1.807) is 19.9 Å². The highest BCUT2D eigenvalue weighted by molar-refractivity contribution is 6.33. The number of ether oxygens (including phenoxy) is 2. The van der Waals surface area contributed by atoms with E-state index in [0.717, 1.165) is 19.5 Å². The van der Waals surface area contributed by atoms with Crippen molar-refractivity contribution in [3.8, 4) is 0 Å². The van der Waals surface area contributed by atoms with Crippen LogP contribution in [-0.2, 0) is 25.6 Å². The molecule has 0 saturated carbocycles. The van der Waals surface area contributed by atoms with E-state index in [4.69, 9.17) is 21.1 Å². The Labute approximate surface area is 226 Å². The van der Waals surface area contributed by atoms with E-state index >= 15 is 0 Å². The number of rotatable bonds is 7. The highest BCUT2D eigenvalue weighted by Gasteiger charge is 2.40. The van der Waals surface area contributed by atoms with E-state index in [1.807, 2.05) is 18.2 Å². The second kappa shape index (κ2) is 11.8. The number of nitro benzene ring substituents is 1. The van der Waals surface area contributed by atoms with Gasteiger partial charge in [-0.25, -0.2) is 9.59 Å². The van der Waals surface area contributed by atoms with Crippen LogP contribution < -0.4 is 5.32 Å². The number of piperidine rings is 1. The Bertz CT molecular complexity index is 1310. The predicted octanol–water partition coefficient (Wildman–Crippen LogP) is 4.86. The van der Waals surface area contributed by atoms with Crippen molar-refractivity contribution in [2.24, 2.45) is 0 Å². The largest absolute Gasteiger partial charge is 0.466 e. The number of carbonyl (C=O) groups is 2. The molecule has 1 saturated heterocycles. The lowest BCUT2D eigenvalue weighted by Crippen LogP contribution is -2.41. The van der Waals surface area contributed by atoms with Gasteiger partial charge in [0.1, 0.15) is 11.1 Å². The summed E-state index contributed by atoms with van der Waals surface area (Å²) < 4.78 is 11.0. The first-order chi connectivity index (χ1) is 18.2. The minimum Gasteiger partial charge on any atom is -0.466 e. The van der Waals surface area contributed by atoms with Gasteiger partial charge in [0.2, 0.25) is 0 Å². The molecule has 1 N–H and O–H groups in total. The van der Waals surface area contributed by atoms with Gasteiger partial charge in [0.15, 0.2) is 0 Å². The van der Waals surface area contributed by atoms with Crippen molar-refractivity contribution >= 4 is 29.2 Å². The summed E-state index contributed by atoms with van der Waals surface area (Å²) in [7, 11) is 1.24. The smallest absolute Gasteiger partial charge is 0.337 e. The summed E-state index contributed by atoms with van der Waals surface area (Å²) in [6, 6.07) is 14.4. The highest BCUT2D eigenvalue weighted by Crippen LogP contribution is 2.44. The maximum atomic E-state index is 13.7. The summed E-state index contributed by atoms with van der Waals surface area (Å²) in [5.74, 6) is -2.29. The number of allylic oxidation sites excluding steroid dienone is 2. The van der Waals surface area contributed by atoms with Crippen LogP contribution in [0.2, 0.25) is 5.02 Å². The molecular formula is C28H30ClN3O6. The normalized spacial score (nSPS) is 20.1. The number of nitro groups is 1. The maximum Gasteiger partial charge on any atom is 0.337 e. The van der Waals surface area contributed by atoms with Crippen LogP contribution in [0.4, 0.5) is 5.69 Å². The number of nitrogens with zero attached hydrogens (tertiary/aromatic N) is 2. The topological polar surface area (TPSA) is 111 Å². The number of halogens is 1. The van der Waals surface area contributed by atoms with Gasteiger partial charge in [-0.2, -0.15) is 0 Å². The number of nitrogens with one attached hydrogen (secondary N) is 1. The fourth-order valence-electron chi connectivity index (χ4n) is 5.17. The lowest BCUT2D eigenvalue weighted by atomic mass is 9.80. The third-order valence-electron chi connectivity index (χ3n) is 6.89. The molecule has 0 radical (unpaired) electrons. The van der Waals surface area contributed by atoms with Gasteiger partial charge in [0, 0.05) is 30.5 Å². The molecule has 4 rings (SSSR count). The second-order valence-corrected chi connectivity index (χ2v) is 9.83. The number of carbonyl (C=O) groups excluding carboxylic acids is 2. The van der Waals surface area contributed by atoms with Crippen LogP contribution in [0.25, 0.3) is 0 Å². The average molecular weight is 540 g/mol. The fourth-order valence-corrected chi connectivity index (χ4v) is 5.47. The van der Waals surface area contributed by atoms with Crippen molar-refractivity contribution in [3.63, 3.8) is 0 Å². The zero-order valence-electron chi connectivity index (χ0n) is 21.5. The zero-order chi connectivity index (χ0) is 27.4. The van der Waals surface area contributed by atoms with Crippen LogP contribution in [0.5, 0.6) is 0 Å². The Morgan fingerprint density at radius 1 is 1.08 bits per heavy atom. The Balaban J connectivity index is 1.65. The summed E-state index contributed by atoms with van der Waals surface area (Å²) in [4.78, 5) is 39.9. The molecule has 0 aliphatic carbocycles. The molecule has 0 amide bonds. The minimum absolute atomic E-state index is 0.141. The lowest BCUT2D eigenvalue weighted by Gasteiger charge is -2.34. The van der Waals surface area contributed by atoms with Crippen LogP contribution in [-0.4, -0.2) is 48.1 Å². The molecule has 2 heterocycles. The van der Waals surface area contributed by atoms with Gasteiger partial charge in [0.05, 0.1) is 29.1 Å². The molecule has 1 fully saturated rings. The summed E-state index contributed by atoms with van der Waals surface area (Å²) in [5, 5.41) is 14.5. The van der Waals surface area contributed by atoms with Gasteiger partial charge < -0.3 is 14.8 Å². The van der Waals surface area contributed by atoms with Gasteiger partial charge in [-0.15, -0.1) is 0 Å². The van der Waals surface area contributed by atoms with Crippen molar-refractivity contribution in [2.75, 3.05) is 20.2 Å². The number of hydrogen-bond acceptors (Lipinski definition) is 8. The molecule has 9 nitrogen and oxygen atoms in total. The Kier molecular flexibility index (Phi) is 8.48. The standard InChI is InChI=1S/C28H30ClN3O6/c1-17-23(27(33)37-3)25(21-12-7-13-22(26(21)29)32(35)36)24(18(2)30-17)28(34)38-20-11-8-14-31(16-20)15-19-9-5-4-6-10-19/h4-7,9-10,12-13,20,25,30H,8,11,14-16H2,1-3H3. The van der Waals surface area contributed by atoms with E-state index in [1.165, 1.54) is 24.8 Å². The number of hydrogen-bond donors (Lipinski definition) is 1.